The van der Waals surface area contributed by atoms with Crippen molar-refractivity contribution in [1.29, 1.82) is 0 Å². The number of amides is 2. The Morgan fingerprint density at radius 1 is 1.36 bits per heavy atom. The molecule has 1 aromatic carbocycles. The van der Waals surface area contributed by atoms with Crippen molar-refractivity contribution in [2.75, 3.05) is 11.9 Å². The lowest BCUT2D eigenvalue weighted by Gasteiger charge is -2.21. The van der Waals surface area contributed by atoms with Gasteiger partial charge in [-0.05, 0) is 25.3 Å². The molecule has 1 aromatic heterocycles. The van der Waals surface area contributed by atoms with Crippen molar-refractivity contribution in [2.45, 2.75) is 51.3 Å². The molecule has 134 valence electrons. The van der Waals surface area contributed by atoms with Crippen LogP contribution >= 0.6 is 0 Å². The van der Waals surface area contributed by atoms with Gasteiger partial charge in [0.1, 0.15) is 0 Å². The topological polar surface area (TPSA) is 68.2 Å². The summed E-state index contributed by atoms with van der Waals surface area (Å²) in [7, 11) is 0. The Labute approximate surface area is 148 Å². The maximum absolute atomic E-state index is 12.2. The number of hydrogen-bond acceptors (Lipinski definition) is 3. The van der Waals surface area contributed by atoms with Gasteiger partial charge in [-0.15, -0.1) is 0 Å². The highest BCUT2D eigenvalue weighted by atomic mass is 16.5. The SMILES string of the molecule is C[C@H](NC(=O)Nc1cnn(C[C@@H]2CCCO2)c1)[C@@H](C)c1ccccc1. The summed E-state index contributed by atoms with van der Waals surface area (Å²) in [5.41, 5.74) is 1.90. The van der Waals surface area contributed by atoms with Crippen LogP contribution in [0.25, 0.3) is 0 Å². The monoisotopic (exact) mass is 342 g/mol. The zero-order valence-corrected chi connectivity index (χ0v) is 14.8. The predicted octanol–water partition coefficient (Wildman–Crippen LogP) is 3.38. The first-order chi connectivity index (χ1) is 12.1. The number of urea groups is 1. The second-order valence-corrected chi connectivity index (χ2v) is 6.67. The fourth-order valence-corrected chi connectivity index (χ4v) is 3.07. The average Bonchev–Trinajstić information content (AvgIpc) is 3.27. The molecule has 3 rings (SSSR count). The third kappa shape index (κ3) is 4.82. The molecule has 1 fully saturated rings. The smallest absolute Gasteiger partial charge is 0.319 e. The molecule has 0 radical (unpaired) electrons. The summed E-state index contributed by atoms with van der Waals surface area (Å²) in [5.74, 6) is 0.231. The number of rotatable bonds is 6. The molecule has 0 saturated carbocycles. The van der Waals surface area contributed by atoms with E-state index in [4.69, 9.17) is 4.74 Å². The van der Waals surface area contributed by atoms with Gasteiger partial charge in [0.2, 0.25) is 0 Å². The van der Waals surface area contributed by atoms with Gasteiger partial charge in [-0.3, -0.25) is 4.68 Å². The lowest BCUT2D eigenvalue weighted by molar-refractivity contribution is 0.0940. The number of benzene rings is 1. The van der Waals surface area contributed by atoms with Gasteiger partial charge in [-0.25, -0.2) is 4.79 Å². The molecule has 3 atom stereocenters. The number of hydrogen-bond donors (Lipinski definition) is 2. The molecule has 1 aliphatic heterocycles. The number of carbonyl (C=O) groups excluding carboxylic acids is 1. The zero-order chi connectivity index (χ0) is 17.6. The van der Waals surface area contributed by atoms with Crippen LogP contribution in [0.15, 0.2) is 42.7 Å². The van der Waals surface area contributed by atoms with E-state index in [9.17, 15) is 4.79 Å². The highest BCUT2D eigenvalue weighted by Gasteiger charge is 2.18. The molecule has 1 aliphatic rings. The van der Waals surface area contributed by atoms with E-state index in [0.717, 1.165) is 26.0 Å². The summed E-state index contributed by atoms with van der Waals surface area (Å²) >= 11 is 0. The average molecular weight is 342 g/mol. The molecule has 1 saturated heterocycles. The van der Waals surface area contributed by atoms with Crippen LogP contribution in [0, 0.1) is 0 Å². The van der Waals surface area contributed by atoms with E-state index < -0.39 is 0 Å². The Hall–Kier alpha value is -2.34. The fourth-order valence-electron chi connectivity index (χ4n) is 3.07. The standard InChI is InChI=1S/C19H26N4O2/c1-14(16-7-4-3-5-8-16)15(2)21-19(24)22-17-11-20-23(12-17)13-18-9-6-10-25-18/h3-5,7-8,11-12,14-15,18H,6,9-10,13H2,1-2H3,(H2,21,22,24)/t14-,15+,18+/m1/s1. The largest absolute Gasteiger partial charge is 0.376 e. The van der Waals surface area contributed by atoms with Crippen LogP contribution in [-0.2, 0) is 11.3 Å². The molecular formula is C19H26N4O2. The van der Waals surface area contributed by atoms with Crippen molar-refractivity contribution < 1.29 is 9.53 Å². The summed E-state index contributed by atoms with van der Waals surface area (Å²) in [6, 6.07) is 9.99. The maximum atomic E-state index is 12.2. The number of anilines is 1. The molecule has 6 nitrogen and oxygen atoms in total. The highest BCUT2D eigenvalue weighted by Crippen LogP contribution is 2.19. The van der Waals surface area contributed by atoms with Crippen LogP contribution in [0.3, 0.4) is 0 Å². The zero-order valence-electron chi connectivity index (χ0n) is 14.8. The van der Waals surface area contributed by atoms with Crippen molar-refractivity contribution >= 4 is 11.7 Å². The summed E-state index contributed by atoms with van der Waals surface area (Å²) in [6.07, 6.45) is 5.91. The van der Waals surface area contributed by atoms with Gasteiger partial charge in [-0.2, -0.15) is 5.10 Å². The van der Waals surface area contributed by atoms with Gasteiger partial charge in [-0.1, -0.05) is 37.3 Å². The van der Waals surface area contributed by atoms with Crippen molar-refractivity contribution in [1.82, 2.24) is 15.1 Å². The quantitative estimate of drug-likeness (QED) is 0.846. The molecule has 6 heteroatoms. The number of nitrogens with zero attached hydrogens (tertiary/aromatic N) is 2. The number of carbonyl (C=O) groups is 1. The second kappa shape index (κ2) is 8.16. The minimum absolute atomic E-state index is 0.0179. The Morgan fingerprint density at radius 3 is 2.88 bits per heavy atom. The van der Waals surface area contributed by atoms with E-state index >= 15 is 0 Å². The first kappa shape index (κ1) is 17.5. The lowest BCUT2D eigenvalue weighted by atomic mass is 9.95. The molecule has 0 aliphatic carbocycles. The van der Waals surface area contributed by atoms with E-state index in [-0.39, 0.29) is 24.1 Å². The Balaban J connectivity index is 1.49. The van der Waals surface area contributed by atoms with Crippen LogP contribution in [0.2, 0.25) is 0 Å². The van der Waals surface area contributed by atoms with Crippen molar-refractivity contribution in [2.24, 2.45) is 0 Å². The molecule has 2 aromatic rings. The minimum Gasteiger partial charge on any atom is -0.376 e. The molecule has 2 N–H and O–H groups in total. The summed E-state index contributed by atoms with van der Waals surface area (Å²) in [5, 5.41) is 10.1. The van der Waals surface area contributed by atoms with Crippen LogP contribution in [0.1, 0.15) is 38.2 Å². The van der Waals surface area contributed by atoms with Gasteiger partial charge in [0.05, 0.1) is 24.5 Å². The second-order valence-electron chi connectivity index (χ2n) is 6.67. The molecule has 25 heavy (non-hydrogen) atoms. The van der Waals surface area contributed by atoms with Gasteiger partial charge in [0.15, 0.2) is 0 Å². The van der Waals surface area contributed by atoms with E-state index in [0.29, 0.717) is 5.69 Å². The van der Waals surface area contributed by atoms with Crippen LogP contribution < -0.4 is 10.6 Å². The fraction of sp³-hybridized carbons (Fsp3) is 0.474. The molecule has 2 amide bonds. The van der Waals surface area contributed by atoms with Crippen molar-refractivity contribution in [3.05, 3.63) is 48.3 Å². The molecule has 2 heterocycles. The van der Waals surface area contributed by atoms with Crippen LogP contribution in [-0.4, -0.2) is 34.6 Å². The number of aromatic nitrogens is 2. The normalized spacial score (nSPS) is 19.4. The van der Waals surface area contributed by atoms with E-state index in [1.807, 2.05) is 36.0 Å². The lowest BCUT2D eigenvalue weighted by Crippen LogP contribution is -2.38. The first-order valence-corrected chi connectivity index (χ1v) is 8.88. The van der Waals surface area contributed by atoms with Crippen LogP contribution in [0.4, 0.5) is 10.5 Å². The van der Waals surface area contributed by atoms with Gasteiger partial charge >= 0.3 is 6.03 Å². The number of nitrogens with one attached hydrogen (secondary N) is 2. The Kier molecular flexibility index (Phi) is 5.71. The van der Waals surface area contributed by atoms with Gasteiger partial charge in [0, 0.05) is 24.8 Å². The van der Waals surface area contributed by atoms with Crippen molar-refractivity contribution in [3.8, 4) is 0 Å². The summed E-state index contributed by atoms with van der Waals surface area (Å²) < 4.78 is 7.43. The molecule has 0 unspecified atom stereocenters. The highest BCUT2D eigenvalue weighted by molar-refractivity contribution is 5.89. The Bertz CT molecular complexity index is 680. The molecule has 0 bridgehead atoms. The third-order valence-electron chi connectivity index (χ3n) is 4.74. The predicted molar refractivity (Wildman–Crippen MR) is 97.7 cm³/mol. The molecule has 0 spiro atoms. The first-order valence-electron chi connectivity index (χ1n) is 8.88. The third-order valence-corrected chi connectivity index (χ3v) is 4.74. The minimum atomic E-state index is -0.216. The van der Waals surface area contributed by atoms with E-state index in [2.05, 4.69) is 34.8 Å². The maximum Gasteiger partial charge on any atom is 0.319 e. The summed E-state index contributed by atoms with van der Waals surface area (Å²) in [6.45, 7) is 5.68. The summed E-state index contributed by atoms with van der Waals surface area (Å²) in [4.78, 5) is 12.2. The van der Waals surface area contributed by atoms with Gasteiger partial charge < -0.3 is 15.4 Å². The van der Waals surface area contributed by atoms with Crippen molar-refractivity contribution in [3.63, 3.8) is 0 Å². The Morgan fingerprint density at radius 2 is 2.16 bits per heavy atom. The van der Waals surface area contributed by atoms with E-state index in [1.165, 1.54) is 5.56 Å². The number of ether oxygens (including phenoxy) is 1. The van der Waals surface area contributed by atoms with Gasteiger partial charge in [0.25, 0.3) is 0 Å². The van der Waals surface area contributed by atoms with E-state index in [1.54, 1.807) is 6.20 Å². The van der Waals surface area contributed by atoms with Crippen LogP contribution in [0.5, 0.6) is 0 Å². The molecular weight excluding hydrogens is 316 g/mol.